The molecule has 0 bridgehead atoms. The van der Waals surface area contributed by atoms with E-state index in [2.05, 4.69) is 0 Å². The van der Waals surface area contributed by atoms with Gasteiger partial charge in [0.25, 0.3) is 0 Å². The number of methoxy groups -OCH3 is 2. The van der Waals surface area contributed by atoms with Gasteiger partial charge in [-0.15, -0.1) is 0 Å². The third kappa shape index (κ3) is 7.32. The van der Waals surface area contributed by atoms with Crippen LogP contribution in [0.25, 0.3) is 0 Å². The van der Waals surface area contributed by atoms with Gasteiger partial charge in [0.1, 0.15) is 5.75 Å². The minimum absolute atomic E-state index is 0.309. The molecule has 0 atom stereocenters. The van der Waals surface area contributed by atoms with Gasteiger partial charge in [-0.25, -0.2) is 4.79 Å². The molecule has 1 rings (SSSR count). The topological polar surface area (TPSA) is 54.0 Å². The van der Waals surface area contributed by atoms with E-state index in [1.807, 2.05) is 0 Å². The molecule has 0 heterocycles. The van der Waals surface area contributed by atoms with Gasteiger partial charge < -0.3 is 18.9 Å². The molecule has 0 unspecified atom stereocenters. The number of halogens is 1. The van der Waals surface area contributed by atoms with Crippen molar-refractivity contribution < 1.29 is 23.7 Å². The van der Waals surface area contributed by atoms with Gasteiger partial charge in [0.2, 0.25) is 0 Å². The summed E-state index contributed by atoms with van der Waals surface area (Å²) in [6, 6.07) is 4.84. The standard InChI is InChI=1S/C15H21ClO5/c1-18-5-3-7-20-14-10-12(9-13(16)11-14)15(17)21-8-4-6-19-2/h9-11H,3-8H2,1-2H3. The van der Waals surface area contributed by atoms with Crippen LogP contribution in [0.5, 0.6) is 5.75 Å². The van der Waals surface area contributed by atoms with Crippen molar-refractivity contribution in [1.29, 1.82) is 0 Å². The fourth-order valence-corrected chi connectivity index (χ4v) is 1.83. The molecule has 0 aliphatic rings. The highest BCUT2D eigenvalue weighted by atomic mass is 35.5. The number of hydrogen-bond donors (Lipinski definition) is 0. The van der Waals surface area contributed by atoms with Crippen molar-refractivity contribution in [3.63, 3.8) is 0 Å². The Hall–Kier alpha value is -1.30. The predicted octanol–water partition coefficient (Wildman–Crippen LogP) is 2.95. The molecule has 0 saturated heterocycles. The van der Waals surface area contributed by atoms with E-state index in [1.54, 1.807) is 32.4 Å². The molecule has 0 aliphatic heterocycles. The minimum atomic E-state index is -0.421. The van der Waals surface area contributed by atoms with Crippen molar-refractivity contribution in [2.24, 2.45) is 0 Å². The largest absolute Gasteiger partial charge is 0.493 e. The molecule has 0 aliphatic carbocycles. The number of carbonyl (C=O) groups is 1. The molecule has 0 saturated carbocycles. The minimum Gasteiger partial charge on any atom is -0.493 e. The zero-order valence-electron chi connectivity index (χ0n) is 12.4. The molecule has 5 nitrogen and oxygen atoms in total. The van der Waals surface area contributed by atoms with Gasteiger partial charge in [-0.05, 0) is 18.2 Å². The molecule has 0 fully saturated rings. The maximum Gasteiger partial charge on any atom is 0.338 e. The van der Waals surface area contributed by atoms with E-state index >= 15 is 0 Å². The molecule has 0 spiro atoms. The normalized spacial score (nSPS) is 10.4. The highest BCUT2D eigenvalue weighted by molar-refractivity contribution is 6.31. The van der Waals surface area contributed by atoms with Crippen LogP contribution in [0, 0.1) is 0 Å². The summed E-state index contributed by atoms with van der Waals surface area (Å²) in [7, 11) is 3.24. The average Bonchev–Trinajstić information content (AvgIpc) is 2.47. The molecule has 0 amide bonds. The second-order valence-corrected chi connectivity index (χ2v) is 4.79. The lowest BCUT2D eigenvalue weighted by atomic mass is 10.2. The Kier molecular flexibility index (Phi) is 8.82. The van der Waals surface area contributed by atoms with Crippen LogP contribution in [0.2, 0.25) is 5.02 Å². The highest BCUT2D eigenvalue weighted by Gasteiger charge is 2.10. The smallest absolute Gasteiger partial charge is 0.338 e. The third-order valence-electron chi connectivity index (χ3n) is 2.59. The number of rotatable bonds is 10. The van der Waals surface area contributed by atoms with E-state index in [0.29, 0.717) is 49.2 Å². The number of esters is 1. The van der Waals surface area contributed by atoms with Crippen molar-refractivity contribution in [3.8, 4) is 5.75 Å². The Balaban J connectivity index is 2.53. The first kappa shape index (κ1) is 17.8. The van der Waals surface area contributed by atoms with E-state index in [-0.39, 0.29) is 0 Å². The summed E-state index contributed by atoms with van der Waals surface area (Å²) in [6.07, 6.45) is 1.42. The van der Waals surface area contributed by atoms with Gasteiger partial charge in [0, 0.05) is 45.3 Å². The van der Waals surface area contributed by atoms with Gasteiger partial charge in [-0.1, -0.05) is 11.6 Å². The molecule has 1 aromatic carbocycles. The van der Waals surface area contributed by atoms with Gasteiger partial charge in [0.05, 0.1) is 18.8 Å². The van der Waals surface area contributed by atoms with Crippen LogP contribution in [0.15, 0.2) is 18.2 Å². The lowest BCUT2D eigenvalue weighted by Gasteiger charge is -2.09. The first-order chi connectivity index (χ1) is 10.2. The molecule has 1 aromatic rings. The Bertz CT molecular complexity index is 436. The van der Waals surface area contributed by atoms with Crippen molar-refractivity contribution >= 4 is 17.6 Å². The van der Waals surface area contributed by atoms with Crippen molar-refractivity contribution in [2.75, 3.05) is 40.6 Å². The molecular weight excluding hydrogens is 296 g/mol. The molecule has 0 radical (unpaired) electrons. The van der Waals surface area contributed by atoms with Crippen molar-refractivity contribution in [1.82, 2.24) is 0 Å². The molecule has 6 heteroatoms. The quantitative estimate of drug-likeness (QED) is 0.490. The van der Waals surface area contributed by atoms with Gasteiger partial charge in [-0.2, -0.15) is 0 Å². The highest BCUT2D eigenvalue weighted by Crippen LogP contribution is 2.22. The molecular formula is C15H21ClO5. The van der Waals surface area contributed by atoms with Crippen LogP contribution in [0.3, 0.4) is 0 Å². The Labute approximate surface area is 130 Å². The predicted molar refractivity (Wildman–Crippen MR) is 80.2 cm³/mol. The molecule has 21 heavy (non-hydrogen) atoms. The number of carbonyl (C=O) groups excluding carboxylic acids is 1. The van der Waals surface area contributed by atoms with Crippen molar-refractivity contribution in [2.45, 2.75) is 12.8 Å². The second-order valence-electron chi connectivity index (χ2n) is 4.35. The summed E-state index contributed by atoms with van der Waals surface area (Å²) < 4.78 is 20.5. The third-order valence-corrected chi connectivity index (χ3v) is 2.81. The molecule has 0 N–H and O–H groups in total. The summed E-state index contributed by atoms with van der Waals surface area (Å²) >= 11 is 5.99. The SMILES string of the molecule is COCCCOC(=O)c1cc(Cl)cc(OCCCOC)c1. The van der Waals surface area contributed by atoms with Crippen LogP contribution in [-0.4, -0.2) is 46.6 Å². The maximum absolute atomic E-state index is 11.9. The second kappa shape index (κ2) is 10.4. The Morgan fingerprint density at radius 3 is 2.33 bits per heavy atom. The van der Waals surface area contributed by atoms with Crippen LogP contribution >= 0.6 is 11.6 Å². The van der Waals surface area contributed by atoms with Crippen LogP contribution in [0.1, 0.15) is 23.2 Å². The zero-order valence-corrected chi connectivity index (χ0v) is 13.1. The number of ether oxygens (including phenoxy) is 4. The first-order valence-electron chi connectivity index (χ1n) is 6.75. The zero-order chi connectivity index (χ0) is 15.5. The van der Waals surface area contributed by atoms with Crippen LogP contribution in [0.4, 0.5) is 0 Å². The fourth-order valence-electron chi connectivity index (χ4n) is 1.61. The lowest BCUT2D eigenvalue weighted by Crippen LogP contribution is -2.08. The summed E-state index contributed by atoms with van der Waals surface area (Å²) in [5, 5.41) is 0.433. The lowest BCUT2D eigenvalue weighted by molar-refractivity contribution is 0.0468. The van der Waals surface area contributed by atoms with Crippen LogP contribution in [-0.2, 0) is 14.2 Å². The van der Waals surface area contributed by atoms with E-state index in [0.717, 1.165) is 6.42 Å². The average molecular weight is 317 g/mol. The van der Waals surface area contributed by atoms with E-state index in [9.17, 15) is 4.79 Å². The summed E-state index contributed by atoms with van der Waals surface area (Å²) in [5.41, 5.74) is 0.377. The monoisotopic (exact) mass is 316 g/mol. The Morgan fingerprint density at radius 2 is 1.67 bits per heavy atom. The van der Waals surface area contributed by atoms with E-state index < -0.39 is 5.97 Å². The van der Waals surface area contributed by atoms with Gasteiger partial charge in [0.15, 0.2) is 0 Å². The molecule has 0 aromatic heterocycles. The number of benzene rings is 1. The van der Waals surface area contributed by atoms with Gasteiger partial charge >= 0.3 is 5.97 Å². The van der Waals surface area contributed by atoms with Crippen LogP contribution < -0.4 is 4.74 Å². The Morgan fingerprint density at radius 1 is 1.00 bits per heavy atom. The van der Waals surface area contributed by atoms with E-state index in [4.69, 9.17) is 30.5 Å². The van der Waals surface area contributed by atoms with Gasteiger partial charge in [-0.3, -0.25) is 0 Å². The summed E-state index contributed by atoms with van der Waals surface area (Å²) in [6.45, 7) is 1.98. The summed E-state index contributed by atoms with van der Waals surface area (Å²) in [5.74, 6) is 0.123. The summed E-state index contributed by atoms with van der Waals surface area (Å²) in [4.78, 5) is 11.9. The van der Waals surface area contributed by atoms with Crippen molar-refractivity contribution in [3.05, 3.63) is 28.8 Å². The maximum atomic E-state index is 11.9. The molecule has 118 valence electrons. The van der Waals surface area contributed by atoms with E-state index in [1.165, 1.54) is 0 Å². The fraction of sp³-hybridized carbons (Fsp3) is 0.533. The number of hydrogen-bond acceptors (Lipinski definition) is 5. The first-order valence-corrected chi connectivity index (χ1v) is 7.13.